The Morgan fingerprint density at radius 3 is 2.08 bits per heavy atom. The molecule has 0 unspecified atom stereocenters. The normalized spacial score (nSPS) is 40.8. The zero-order chi connectivity index (χ0) is 8.82. The van der Waals surface area contributed by atoms with E-state index in [4.69, 9.17) is 0 Å². The van der Waals surface area contributed by atoms with Crippen LogP contribution < -0.4 is 5.32 Å². The van der Waals surface area contributed by atoms with E-state index in [2.05, 4.69) is 26.1 Å². The fraction of sp³-hybridized carbons (Fsp3) is 1.00. The van der Waals surface area contributed by atoms with Gasteiger partial charge in [0.1, 0.15) is 0 Å². The van der Waals surface area contributed by atoms with Crippen LogP contribution in [0.3, 0.4) is 0 Å². The van der Waals surface area contributed by atoms with Gasteiger partial charge in [0.25, 0.3) is 0 Å². The summed E-state index contributed by atoms with van der Waals surface area (Å²) in [5.74, 6) is 1.06. The molecule has 0 aromatic heterocycles. The van der Waals surface area contributed by atoms with Gasteiger partial charge in [-0.2, -0.15) is 0 Å². The van der Waals surface area contributed by atoms with Gasteiger partial charge >= 0.3 is 0 Å². The van der Waals surface area contributed by atoms with Gasteiger partial charge in [-0.3, -0.25) is 0 Å². The Morgan fingerprint density at radius 1 is 1.17 bits per heavy atom. The van der Waals surface area contributed by atoms with Gasteiger partial charge in [-0.25, -0.2) is 0 Å². The quantitative estimate of drug-likeness (QED) is 0.633. The Bertz CT molecular complexity index is 170. The van der Waals surface area contributed by atoms with E-state index in [1.165, 1.54) is 32.1 Å². The van der Waals surface area contributed by atoms with Gasteiger partial charge in [-0.15, -0.1) is 0 Å². The summed E-state index contributed by atoms with van der Waals surface area (Å²) in [4.78, 5) is 0. The Morgan fingerprint density at radius 2 is 1.75 bits per heavy atom. The molecule has 0 aromatic rings. The van der Waals surface area contributed by atoms with Crippen LogP contribution in [0.2, 0.25) is 0 Å². The molecule has 12 heavy (non-hydrogen) atoms. The van der Waals surface area contributed by atoms with Crippen molar-refractivity contribution in [1.82, 2.24) is 5.32 Å². The van der Waals surface area contributed by atoms with Crippen molar-refractivity contribution in [3.63, 3.8) is 0 Å². The minimum absolute atomic E-state index is 0.305. The van der Waals surface area contributed by atoms with Crippen LogP contribution in [0.15, 0.2) is 0 Å². The maximum atomic E-state index is 3.82. The topological polar surface area (TPSA) is 12.0 Å². The Labute approximate surface area is 75.9 Å². The van der Waals surface area contributed by atoms with Crippen molar-refractivity contribution >= 4 is 0 Å². The molecule has 1 nitrogen and oxygen atoms in total. The van der Waals surface area contributed by atoms with Gasteiger partial charge in [0.15, 0.2) is 0 Å². The highest BCUT2D eigenvalue weighted by Crippen LogP contribution is 2.48. The smallest absolute Gasteiger partial charge is 0.0189 e. The summed E-state index contributed by atoms with van der Waals surface area (Å²) in [7, 11) is 0. The second-order valence-electron chi connectivity index (χ2n) is 5.80. The summed E-state index contributed by atoms with van der Waals surface area (Å²) in [5.41, 5.74) is 0.849. The van der Waals surface area contributed by atoms with Crippen LogP contribution >= 0.6 is 0 Å². The van der Waals surface area contributed by atoms with Crippen molar-refractivity contribution in [2.75, 3.05) is 0 Å². The highest BCUT2D eigenvalue weighted by molar-refractivity contribution is 5.04. The first-order chi connectivity index (χ1) is 5.49. The number of fused-ring (bicyclic) bond motifs is 2. The Kier molecular flexibility index (Phi) is 1.76. The molecule has 2 rings (SSSR count). The highest BCUT2D eigenvalue weighted by Gasteiger charge is 2.45. The monoisotopic (exact) mass is 167 g/mol. The van der Waals surface area contributed by atoms with E-state index in [0.29, 0.717) is 11.1 Å². The van der Waals surface area contributed by atoms with Gasteiger partial charge in [-0.1, -0.05) is 0 Å². The van der Waals surface area contributed by atoms with Gasteiger partial charge in [0, 0.05) is 11.1 Å². The van der Waals surface area contributed by atoms with E-state index in [0.717, 1.165) is 5.92 Å². The lowest BCUT2D eigenvalue weighted by Crippen LogP contribution is -2.51. The van der Waals surface area contributed by atoms with Crippen LogP contribution in [-0.2, 0) is 0 Å². The molecule has 0 radical (unpaired) electrons. The maximum Gasteiger partial charge on any atom is 0.0189 e. The van der Waals surface area contributed by atoms with E-state index in [1.54, 1.807) is 0 Å². The SMILES string of the molecule is CC(C)(C)NC12CCC(CC1)C2. The van der Waals surface area contributed by atoms with Crippen LogP contribution in [0.4, 0.5) is 0 Å². The summed E-state index contributed by atoms with van der Waals surface area (Å²) in [5, 5.41) is 3.82. The van der Waals surface area contributed by atoms with E-state index in [-0.39, 0.29) is 0 Å². The van der Waals surface area contributed by atoms with Crippen LogP contribution in [-0.4, -0.2) is 11.1 Å². The van der Waals surface area contributed by atoms with Crippen LogP contribution in [0.5, 0.6) is 0 Å². The number of hydrogen-bond donors (Lipinski definition) is 1. The Balaban J connectivity index is 2.03. The third-order valence-electron chi connectivity index (χ3n) is 3.38. The lowest BCUT2D eigenvalue weighted by Gasteiger charge is -2.36. The maximum absolute atomic E-state index is 3.82. The predicted octanol–water partition coefficient (Wildman–Crippen LogP) is 2.71. The molecular weight excluding hydrogens is 146 g/mol. The minimum Gasteiger partial charge on any atom is -0.307 e. The minimum atomic E-state index is 0.305. The Hall–Kier alpha value is -0.0400. The molecule has 0 atom stereocenters. The van der Waals surface area contributed by atoms with E-state index < -0.39 is 0 Å². The molecule has 2 aliphatic rings. The van der Waals surface area contributed by atoms with Crippen LogP contribution in [0, 0.1) is 5.92 Å². The molecule has 0 heterocycles. The summed E-state index contributed by atoms with van der Waals surface area (Å²) >= 11 is 0. The first-order valence-electron chi connectivity index (χ1n) is 5.29. The van der Waals surface area contributed by atoms with E-state index >= 15 is 0 Å². The van der Waals surface area contributed by atoms with Crippen LogP contribution in [0.1, 0.15) is 52.9 Å². The molecule has 70 valence electrons. The molecule has 0 saturated heterocycles. The van der Waals surface area contributed by atoms with Crippen molar-refractivity contribution < 1.29 is 0 Å². The zero-order valence-electron chi connectivity index (χ0n) is 8.61. The molecule has 2 saturated carbocycles. The third kappa shape index (κ3) is 1.52. The molecule has 1 N–H and O–H groups in total. The predicted molar refractivity (Wildman–Crippen MR) is 52.2 cm³/mol. The van der Waals surface area contributed by atoms with E-state index in [1.807, 2.05) is 0 Å². The standard InChI is InChI=1S/C11H21N/c1-10(2,3)12-11-6-4-9(8-11)5-7-11/h9,12H,4-8H2,1-3H3. The summed E-state index contributed by atoms with van der Waals surface area (Å²) in [6, 6.07) is 0. The van der Waals surface area contributed by atoms with E-state index in [9.17, 15) is 0 Å². The van der Waals surface area contributed by atoms with Gasteiger partial charge in [0.05, 0.1) is 0 Å². The van der Waals surface area contributed by atoms with Crippen molar-refractivity contribution in [3.8, 4) is 0 Å². The number of rotatable bonds is 1. The fourth-order valence-corrected chi connectivity index (χ4v) is 3.16. The third-order valence-corrected chi connectivity index (χ3v) is 3.38. The molecule has 2 aliphatic carbocycles. The van der Waals surface area contributed by atoms with Gasteiger partial charge in [-0.05, 0) is 58.8 Å². The lowest BCUT2D eigenvalue weighted by atomic mass is 9.91. The second kappa shape index (κ2) is 2.47. The highest BCUT2D eigenvalue weighted by atomic mass is 15.1. The molecule has 0 aliphatic heterocycles. The largest absolute Gasteiger partial charge is 0.307 e. The molecule has 0 aromatic carbocycles. The average molecular weight is 167 g/mol. The first kappa shape index (κ1) is 8.55. The lowest BCUT2D eigenvalue weighted by molar-refractivity contribution is 0.246. The zero-order valence-corrected chi connectivity index (χ0v) is 8.61. The second-order valence-corrected chi connectivity index (χ2v) is 5.80. The van der Waals surface area contributed by atoms with Crippen molar-refractivity contribution in [2.45, 2.75) is 64.0 Å². The summed E-state index contributed by atoms with van der Waals surface area (Å²) < 4.78 is 0. The number of nitrogens with one attached hydrogen (secondary N) is 1. The molecule has 1 heteroatoms. The number of hydrogen-bond acceptors (Lipinski definition) is 1. The van der Waals surface area contributed by atoms with Crippen LogP contribution in [0.25, 0.3) is 0 Å². The van der Waals surface area contributed by atoms with Crippen molar-refractivity contribution in [3.05, 3.63) is 0 Å². The molecular formula is C11H21N. The summed E-state index contributed by atoms with van der Waals surface area (Å²) in [6.07, 6.45) is 7.25. The summed E-state index contributed by atoms with van der Waals surface area (Å²) in [6.45, 7) is 6.86. The molecule has 2 fully saturated rings. The molecule has 2 bridgehead atoms. The van der Waals surface area contributed by atoms with Gasteiger partial charge < -0.3 is 5.32 Å². The van der Waals surface area contributed by atoms with Crippen molar-refractivity contribution in [1.29, 1.82) is 0 Å². The van der Waals surface area contributed by atoms with Crippen molar-refractivity contribution in [2.24, 2.45) is 5.92 Å². The average Bonchev–Trinajstić information content (AvgIpc) is 2.40. The van der Waals surface area contributed by atoms with Gasteiger partial charge in [0.2, 0.25) is 0 Å². The molecule has 0 spiro atoms. The molecule has 0 amide bonds. The first-order valence-corrected chi connectivity index (χ1v) is 5.29. The fourth-order valence-electron chi connectivity index (χ4n) is 3.16.